The van der Waals surface area contributed by atoms with Gasteiger partial charge in [-0.15, -0.1) is 0 Å². The van der Waals surface area contributed by atoms with Gasteiger partial charge in [0.15, 0.2) is 0 Å². The van der Waals surface area contributed by atoms with Gasteiger partial charge in [-0.2, -0.15) is 0 Å². The number of hydrogen-bond acceptors (Lipinski definition) is 2. The molecule has 1 saturated carbocycles. The normalized spacial score (nSPS) is 20.3. The summed E-state index contributed by atoms with van der Waals surface area (Å²) in [5.74, 6) is 0.683. The molecule has 0 spiro atoms. The summed E-state index contributed by atoms with van der Waals surface area (Å²) in [6.07, 6.45) is 6.41. The second kappa shape index (κ2) is 16.5. The van der Waals surface area contributed by atoms with Crippen LogP contribution in [0.4, 0.5) is 4.39 Å². The predicted molar refractivity (Wildman–Crippen MR) is 145 cm³/mol. The molecule has 34 heavy (non-hydrogen) atoms. The molecule has 1 aromatic carbocycles. The van der Waals surface area contributed by atoms with Crippen LogP contribution in [-0.4, -0.2) is 35.1 Å². The van der Waals surface area contributed by atoms with E-state index in [1.807, 2.05) is 26.0 Å². The highest BCUT2D eigenvalue weighted by molar-refractivity contribution is 6.30. The van der Waals surface area contributed by atoms with E-state index in [9.17, 15) is 9.18 Å². The topological polar surface area (TPSA) is 40.5 Å². The molecule has 1 N–H and O–H groups in total. The van der Waals surface area contributed by atoms with Gasteiger partial charge < -0.3 is 5.11 Å². The molecule has 1 aliphatic carbocycles. The average molecular weight is 500 g/mol. The van der Waals surface area contributed by atoms with Crippen LogP contribution in [0.5, 0.6) is 0 Å². The van der Waals surface area contributed by atoms with Gasteiger partial charge in [0.05, 0.1) is 5.02 Å². The minimum atomic E-state index is -0.745. The van der Waals surface area contributed by atoms with Gasteiger partial charge in [0, 0.05) is 18.4 Å². The molecule has 0 aromatic heterocycles. The molecular weight excluding hydrogens is 449 g/mol. The molecule has 1 aliphatic rings. The number of aliphatic carboxylic acids is 1. The standard InChI is InChI=1S/C24H39ClFN.C3H6O2.C2H6/c1-17(2)12-14-27(15-13-24(4,5)6)22-9-7-8-18(3)23(22)19-10-11-21(26)20(25)16-19;1-2-3(4)5;1-2/h10-11,16-18,22-23H,7-9,12-15H2,1-6H3;2H2,1H3,(H,4,5);1-2H3. The van der Waals surface area contributed by atoms with Crippen LogP contribution in [0, 0.1) is 23.1 Å². The van der Waals surface area contributed by atoms with Crippen LogP contribution < -0.4 is 0 Å². The molecule has 0 amide bonds. The molecule has 198 valence electrons. The van der Waals surface area contributed by atoms with E-state index in [1.54, 1.807) is 13.0 Å². The Morgan fingerprint density at radius 1 is 1.21 bits per heavy atom. The number of halogens is 2. The van der Waals surface area contributed by atoms with Crippen LogP contribution in [0.3, 0.4) is 0 Å². The van der Waals surface area contributed by atoms with Crippen molar-refractivity contribution in [3.8, 4) is 0 Å². The van der Waals surface area contributed by atoms with Gasteiger partial charge in [0.1, 0.15) is 5.82 Å². The minimum Gasteiger partial charge on any atom is -0.481 e. The molecule has 2 rings (SSSR count). The molecule has 3 unspecified atom stereocenters. The molecule has 0 heterocycles. The lowest BCUT2D eigenvalue weighted by atomic mass is 9.72. The fourth-order valence-corrected chi connectivity index (χ4v) is 4.60. The summed E-state index contributed by atoms with van der Waals surface area (Å²) in [6.45, 7) is 21.8. The molecule has 1 aromatic rings. The van der Waals surface area contributed by atoms with Crippen molar-refractivity contribution < 1.29 is 14.3 Å². The Morgan fingerprint density at radius 3 is 2.26 bits per heavy atom. The molecule has 3 atom stereocenters. The summed E-state index contributed by atoms with van der Waals surface area (Å²) < 4.78 is 13.7. The predicted octanol–water partition coefficient (Wildman–Crippen LogP) is 9.04. The maximum Gasteiger partial charge on any atom is 0.303 e. The Kier molecular flexibility index (Phi) is 16.0. The first-order valence-corrected chi connectivity index (χ1v) is 13.6. The number of carbonyl (C=O) groups is 1. The quantitative estimate of drug-likeness (QED) is 0.387. The van der Waals surface area contributed by atoms with E-state index in [0.717, 1.165) is 13.1 Å². The largest absolute Gasteiger partial charge is 0.481 e. The van der Waals surface area contributed by atoms with Crippen molar-refractivity contribution in [3.05, 3.63) is 34.6 Å². The first-order valence-electron chi connectivity index (χ1n) is 13.3. The number of benzene rings is 1. The van der Waals surface area contributed by atoms with Crippen LogP contribution in [0.1, 0.15) is 112 Å². The monoisotopic (exact) mass is 499 g/mol. The lowest BCUT2D eigenvalue weighted by Gasteiger charge is -2.44. The van der Waals surface area contributed by atoms with E-state index in [4.69, 9.17) is 16.7 Å². The first-order chi connectivity index (χ1) is 15.9. The first kappa shape index (κ1) is 32.9. The van der Waals surface area contributed by atoms with Gasteiger partial charge in [-0.1, -0.05) is 92.8 Å². The summed E-state index contributed by atoms with van der Waals surface area (Å²) in [6, 6.07) is 5.91. The van der Waals surface area contributed by atoms with Gasteiger partial charge in [-0.3, -0.25) is 9.69 Å². The van der Waals surface area contributed by atoms with E-state index < -0.39 is 5.97 Å². The highest BCUT2D eigenvalue weighted by Crippen LogP contribution is 2.41. The zero-order valence-electron chi connectivity index (χ0n) is 23.3. The molecule has 0 saturated heterocycles. The maximum absolute atomic E-state index is 13.7. The van der Waals surface area contributed by atoms with Crippen molar-refractivity contribution in [2.45, 2.75) is 113 Å². The highest BCUT2D eigenvalue weighted by atomic mass is 35.5. The molecule has 0 aliphatic heterocycles. The Balaban J connectivity index is 0.00000138. The Bertz CT molecular complexity index is 702. The summed E-state index contributed by atoms with van der Waals surface area (Å²) in [5.41, 5.74) is 1.55. The number of carboxylic acids is 1. The Hall–Kier alpha value is -1.13. The average Bonchev–Trinajstić information content (AvgIpc) is 2.76. The second-order valence-electron chi connectivity index (χ2n) is 11.0. The Labute approximate surface area is 214 Å². The van der Waals surface area contributed by atoms with E-state index in [1.165, 1.54) is 37.7 Å². The van der Waals surface area contributed by atoms with Crippen molar-refractivity contribution in [2.24, 2.45) is 17.3 Å². The third kappa shape index (κ3) is 12.5. The van der Waals surface area contributed by atoms with E-state index in [-0.39, 0.29) is 17.3 Å². The van der Waals surface area contributed by atoms with Crippen LogP contribution in [0.2, 0.25) is 5.02 Å². The van der Waals surface area contributed by atoms with Crippen molar-refractivity contribution in [2.75, 3.05) is 13.1 Å². The van der Waals surface area contributed by atoms with Crippen LogP contribution in [0.25, 0.3) is 0 Å². The third-order valence-corrected chi connectivity index (χ3v) is 6.72. The fourth-order valence-electron chi connectivity index (χ4n) is 4.41. The van der Waals surface area contributed by atoms with Gasteiger partial charge in [-0.05, 0) is 67.3 Å². The van der Waals surface area contributed by atoms with Crippen molar-refractivity contribution >= 4 is 17.6 Å². The maximum atomic E-state index is 13.7. The molecule has 0 radical (unpaired) electrons. The van der Waals surface area contributed by atoms with Gasteiger partial charge in [0.2, 0.25) is 0 Å². The van der Waals surface area contributed by atoms with E-state index in [2.05, 4.69) is 46.4 Å². The third-order valence-electron chi connectivity index (χ3n) is 6.43. The summed E-state index contributed by atoms with van der Waals surface area (Å²) in [4.78, 5) is 12.1. The zero-order chi connectivity index (χ0) is 26.5. The molecular formula is C29H51ClFNO2. The van der Waals surface area contributed by atoms with Crippen LogP contribution in [-0.2, 0) is 4.79 Å². The van der Waals surface area contributed by atoms with Gasteiger partial charge in [-0.25, -0.2) is 4.39 Å². The van der Waals surface area contributed by atoms with Gasteiger partial charge >= 0.3 is 5.97 Å². The molecule has 5 heteroatoms. The molecule has 3 nitrogen and oxygen atoms in total. The van der Waals surface area contributed by atoms with E-state index in [0.29, 0.717) is 29.2 Å². The highest BCUT2D eigenvalue weighted by Gasteiger charge is 2.36. The number of nitrogens with zero attached hydrogens (tertiary/aromatic N) is 1. The summed E-state index contributed by atoms with van der Waals surface area (Å²) in [7, 11) is 0. The van der Waals surface area contributed by atoms with Gasteiger partial charge in [0.25, 0.3) is 0 Å². The smallest absolute Gasteiger partial charge is 0.303 e. The SMILES string of the molecule is CC.CC(C)CCN(CCC(C)(C)C)C1CCCC(C)C1c1ccc(F)c(Cl)c1.CCC(=O)O. The number of carboxylic acid groups (broad SMARTS) is 1. The number of hydrogen-bond donors (Lipinski definition) is 1. The Morgan fingerprint density at radius 2 is 1.79 bits per heavy atom. The van der Waals surface area contributed by atoms with Crippen molar-refractivity contribution in [1.82, 2.24) is 4.90 Å². The lowest BCUT2D eigenvalue weighted by Crippen LogP contribution is -2.45. The van der Waals surface area contributed by atoms with Crippen LogP contribution in [0.15, 0.2) is 18.2 Å². The van der Waals surface area contributed by atoms with Crippen molar-refractivity contribution in [3.63, 3.8) is 0 Å². The zero-order valence-corrected chi connectivity index (χ0v) is 24.0. The molecule has 0 bridgehead atoms. The van der Waals surface area contributed by atoms with E-state index >= 15 is 0 Å². The minimum absolute atomic E-state index is 0.222. The number of rotatable bonds is 8. The summed E-state index contributed by atoms with van der Waals surface area (Å²) >= 11 is 6.14. The summed E-state index contributed by atoms with van der Waals surface area (Å²) in [5, 5.41) is 7.98. The molecule has 1 fully saturated rings. The van der Waals surface area contributed by atoms with Crippen molar-refractivity contribution in [1.29, 1.82) is 0 Å². The fraction of sp³-hybridized carbons (Fsp3) is 0.759. The lowest BCUT2D eigenvalue weighted by molar-refractivity contribution is -0.136. The second-order valence-corrected chi connectivity index (χ2v) is 11.4. The van der Waals surface area contributed by atoms with Crippen LogP contribution >= 0.6 is 11.6 Å².